The smallest absolute Gasteiger partial charge is 0.408 e. The first-order valence-electron chi connectivity index (χ1n) is 27.4. The maximum absolute atomic E-state index is 14.7. The molecule has 6 aromatic carbocycles. The van der Waals surface area contributed by atoms with Gasteiger partial charge < -0.3 is 41.4 Å². The molecule has 0 aliphatic heterocycles. The van der Waals surface area contributed by atoms with Gasteiger partial charge in [0.2, 0.25) is 23.6 Å². The highest BCUT2D eigenvalue weighted by Crippen LogP contribution is 2.14. The Balaban J connectivity index is 1.20. The molecule has 6 N–H and O–H groups in total. The summed E-state index contributed by atoms with van der Waals surface area (Å²) in [4.78, 5) is 84.6. The van der Waals surface area contributed by atoms with Crippen LogP contribution in [-0.2, 0) is 67.5 Å². The summed E-state index contributed by atoms with van der Waals surface area (Å²) in [6, 6.07) is 50.6. The Morgan fingerprint density at radius 1 is 0.346 bits per heavy atom. The largest absolute Gasteiger partial charge is 0.445 e. The first kappa shape index (κ1) is 59.0. The zero-order valence-corrected chi connectivity index (χ0v) is 44.8. The molecule has 14 nitrogen and oxygen atoms in total. The van der Waals surface area contributed by atoms with E-state index in [0.29, 0.717) is 6.42 Å². The van der Waals surface area contributed by atoms with Gasteiger partial charge in [0.05, 0.1) is 0 Å². The Kier molecular flexibility index (Phi) is 25.5. The highest BCUT2D eigenvalue weighted by atomic mass is 16.6. The molecule has 0 spiro atoms. The summed E-state index contributed by atoms with van der Waals surface area (Å²) in [7, 11) is 0. The van der Waals surface area contributed by atoms with Gasteiger partial charge in [-0.25, -0.2) is 9.59 Å². The molecule has 0 bridgehead atoms. The highest BCUT2D eigenvalue weighted by molar-refractivity contribution is 5.93. The van der Waals surface area contributed by atoms with Crippen molar-refractivity contribution in [1.29, 1.82) is 0 Å². The minimum absolute atomic E-state index is 0.000457. The van der Waals surface area contributed by atoms with Gasteiger partial charge in [0.1, 0.15) is 37.4 Å². The third-order valence-electron chi connectivity index (χ3n) is 13.3. The van der Waals surface area contributed by atoms with Crippen molar-refractivity contribution in [2.75, 3.05) is 6.54 Å². The van der Waals surface area contributed by atoms with Gasteiger partial charge in [0.15, 0.2) is 0 Å². The molecule has 410 valence electrons. The van der Waals surface area contributed by atoms with Crippen LogP contribution >= 0.6 is 0 Å². The average molecular weight is 1060 g/mol. The van der Waals surface area contributed by atoms with Gasteiger partial charge in [-0.15, -0.1) is 0 Å². The zero-order valence-electron chi connectivity index (χ0n) is 44.8. The molecule has 0 heterocycles. The van der Waals surface area contributed by atoms with Crippen LogP contribution in [0.5, 0.6) is 0 Å². The maximum Gasteiger partial charge on any atom is 0.408 e. The Hall–Kier alpha value is -8.26. The Labute approximate surface area is 459 Å². The molecular formula is C64H76N6O8. The fourth-order valence-electron chi connectivity index (χ4n) is 8.99. The topological polar surface area (TPSA) is 193 Å². The molecule has 6 amide bonds. The lowest BCUT2D eigenvalue weighted by molar-refractivity contribution is -0.131. The molecule has 1 unspecified atom stereocenters. The maximum atomic E-state index is 14.7. The summed E-state index contributed by atoms with van der Waals surface area (Å²) >= 11 is 0. The Morgan fingerprint density at radius 3 is 1.00 bits per heavy atom. The third-order valence-corrected chi connectivity index (χ3v) is 13.3. The van der Waals surface area contributed by atoms with Crippen LogP contribution in [0.3, 0.4) is 0 Å². The SMILES string of the molecule is CCCCCCCCCCC(CNC(=O)[C@H](Cc1ccccc1)NC(=O)[C@H](Cc1ccccc1)NC(=O)OCc1ccccc1)NC(=O)[C@H](Cc1ccccc1)NC(=O)[C@H](Cc1ccccc1)NC(=O)OCc1ccccc1. The molecule has 6 aromatic rings. The zero-order chi connectivity index (χ0) is 55.0. The molecule has 6 rings (SSSR count). The molecule has 0 saturated carbocycles. The number of benzene rings is 6. The number of carbonyl (C=O) groups is 6. The number of amides is 6. The number of hydrogen-bond acceptors (Lipinski definition) is 8. The minimum atomic E-state index is -1.10. The number of rotatable bonds is 32. The molecule has 78 heavy (non-hydrogen) atoms. The van der Waals surface area contributed by atoms with Crippen molar-refractivity contribution in [1.82, 2.24) is 31.9 Å². The second-order valence-corrected chi connectivity index (χ2v) is 19.6. The molecule has 0 aromatic heterocycles. The number of hydrogen-bond donors (Lipinski definition) is 6. The van der Waals surface area contributed by atoms with Gasteiger partial charge in [0.25, 0.3) is 0 Å². The second kappa shape index (κ2) is 33.7. The lowest BCUT2D eigenvalue weighted by atomic mass is 10.0. The molecule has 14 heteroatoms. The monoisotopic (exact) mass is 1060 g/mol. The average Bonchev–Trinajstić information content (AvgIpc) is 3.47. The number of unbranched alkanes of at least 4 members (excludes halogenated alkanes) is 7. The van der Waals surface area contributed by atoms with Crippen molar-refractivity contribution in [2.24, 2.45) is 0 Å². The lowest BCUT2D eigenvalue weighted by Gasteiger charge is -2.27. The van der Waals surface area contributed by atoms with Crippen LogP contribution in [0, 0.1) is 0 Å². The first-order chi connectivity index (χ1) is 38.1. The van der Waals surface area contributed by atoms with Crippen molar-refractivity contribution in [3.05, 3.63) is 215 Å². The van der Waals surface area contributed by atoms with Crippen LogP contribution in [0.25, 0.3) is 0 Å². The van der Waals surface area contributed by atoms with E-state index in [4.69, 9.17) is 9.47 Å². The fourth-order valence-corrected chi connectivity index (χ4v) is 8.99. The van der Waals surface area contributed by atoms with Crippen molar-refractivity contribution in [2.45, 2.75) is 134 Å². The molecule has 0 saturated heterocycles. The number of carbonyl (C=O) groups excluding carboxylic acids is 6. The number of nitrogens with one attached hydrogen (secondary N) is 6. The van der Waals surface area contributed by atoms with Crippen LogP contribution < -0.4 is 31.9 Å². The van der Waals surface area contributed by atoms with Gasteiger partial charge in [-0.05, 0) is 39.8 Å². The summed E-state index contributed by atoms with van der Waals surface area (Å²) in [6.45, 7) is 2.20. The molecule has 0 aliphatic rings. The van der Waals surface area contributed by atoms with E-state index in [1.54, 1.807) is 0 Å². The van der Waals surface area contributed by atoms with E-state index in [-0.39, 0.29) is 45.4 Å². The van der Waals surface area contributed by atoms with Gasteiger partial charge in [-0.3, -0.25) is 19.2 Å². The molecule has 0 fully saturated rings. The predicted octanol–water partition coefficient (Wildman–Crippen LogP) is 9.65. The van der Waals surface area contributed by atoms with Crippen LogP contribution in [0.1, 0.15) is 98.1 Å². The number of ether oxygens (including phenoxy) is 2. The normalized spacial score (nSPS) is 12.8. The third kappa shape index (κ3) is 22.1. The standard InChI is InChI=1S/C64H76N6O8/c1-2-3-4-5-6-7-8-27-40-54(66-60(72)56(42-49-30-17-10-18-31-49)68-62(74)58(44-51-34-21-12-22-35-51)70-64(76)78-47-53-38-25-14-26-39-53)45-65-59(71)55(41-48-28-15-9-16-29-48)67-61(73)57(43-50-32-19-11-20-33-50)69-63(75)77-46-52-36-23-13-24-37-52/h9-26,28-39,54-58H,2-8,27,40-47H2,1H3,(H,65,71)(H,66,72)(H,67,73)(H,68,74)(H,69,75)(H,70,76)/t54?,55-,56-,57-,58-/m0/s1. The van der Waals surface area contributed by atoms with Gasteiger partial charge >= 0.3 is 12.2 Å². The molecular weight excluding hydrogens is 981 g/mol. The van der Waals surface area contributed by atoms with Crippen molar-refractivity contribution in [3.63, 3.8) is 0 Å². The van der Waals surface area contributed by atoms with Crippen molar-refractivity contribution >= 4 is 35.8 Å². The summed E-state index contributed by atoms with van der Waals surface area (Å²) in [5.41, 5.74) is 4.73. The van der Waals surface area contributed by atoms with Crippen LogP contribution in [-0.4, -0.2) is 72.6 Å². The van der Waals surface area contributed by atoms with E-state index < -0.39 is 66.0 Å². The Morgan fingerprint density at radius 2 is 0.641 bits per heavy atom. The fraction of sp³-hybridized carbons (Fsp3) is 0.344. The van der Waals surface area contributed by atoms with E-state index in [9.17, 15) is 28.8 Å². The second-order valence-electron chi connectivity index (χ2n) is 19.6. The summed E-state index contributed by atoms with van der Waals surface area (Å²) in [6.07, 6.45) is 7.97. The van der Waals surface area contributed by atoms with E-state index in [1.807, 2.05) is 182 Å². The van der Waals surface area contributed by atoms with E-state index in [2.05, 4.69) is 38.8 Å². The summed E-state index contributed by atoms with van der Waals surface area (Å²) < 4.78 is 11.0. The van der Waals surface area contributed by atoms with Crippen LogP contribution in [0.15, 0.2) is 182 Å². The molecule has 0 radical (unpaired) electrons. The summed E-state index contributed by atoms with van der Waals surface area (Å²) in [5, 5.41) is 17.6. The lowest BCUT2D eigenvalue weighted by Crippen LogP contribution is -2.58. The van der Waals surface area contributed by atoms with E-state index >= 15 is 0 Å². The van der Waals surface area contributed by atoms with Gasteiger partial charge in [0, 0.05) is 38.3 Å². The van der Waals surface area contributed by atoms with Crippen LogP contribution in [0.2, 0.25) is 0 Å². The first-order valence-corrected chi connectivity index (χ1v) is 27.4. The minimum Gasteiger partial charge on any atom is -0.445 e. The Bertz CT molecular complexity index is 2700. The van der Waals surface area contributed by atoms with Crippen molar-refractivity contribution < 1.29 is 38.2 Å². The van der Waals surface area contributed by atoms with Crippen LogP contribution in [0.4, 0.5) is 9.59 Å². The van der Waals surface area contributed by atoms with Gasteiger partial charge in [-0.1, -0.05) is 240 Å². The summed E-state index contributed by atoms with van der Waals surface area (Å²) in [5.74, 6) is -2.13. The van der Waals surface area contributed by atoms with Gasteiger partial charge in [-0.2, -0.15) is 0 Å². The van der Waals surface area contributed by atoms with E-state index in [0.717, 1.165) is 71.9 Å². The van der Waals surface area contributed by atoms with E-state index in [1.165, 1.54) is 12.8 Å². The van der Waals surface area contributed by atoms with Crippen molar-refractivity contribution in [3.8, 4) is 0 Å². The quantitative estimate of drug-likeness (QED) is 0.0225. The molecule has 5 atom stereocenters. The highest BCUT2D eigenvalue weighted by Gasteiger charge is 2.31. The predicted molar refractivity (Wildman–Crippen MR) is 304 cm³/mol. The number of alkyl carbamates (subject to hydrolysis) is 2. The molecule has 0 aliphatic carbocycles.